The Morgan fingerprint density at radius 2 is 1.96 bits per heavy atom. The van der Waals surface area contributed by atoms with Gasteiger partial charge in [-0.1, -0.05) is 12.1 Å². The van der Waals surface area contributed by atoms with Crippen molar-refractivity contribution in [1.82, 2.24) is 0 Å². The van der Waals surface area contributed by atoms with Crippen molar-refractivity contribution in [3.8, 4) is 11.5 Å². The van der Waals surface area contributed by atoms with Gasteiger partial charge >= 0.3 is 5.97 Å². The summed E-state index contributed by atoms with van der Waals surface area (Å²) in [6.07, 6.45) is 1.89. The number of rotatable bonds is 5. The number of fused-ring (bicyclic) bond motifs is 1. The van der Waals surface area contributed by atoms with Crippen molar-refractivity contribution < 1.29 is 19.0 Å². The van der Waals surface area contributed by atoms with E-state index < -0.39 is 5.97 Å². The number of hydrogen-bond donors (Lipinski definition) is 1. The van der Waals surface area contributed by atoms with Gasteiger partial charge in [-0.05, 0) is 66.1 Å². The average molecular weight is 356 g/mol. The molecule has 0 atom stereocenters. The first-order chi connectivity index (χ1) is 12.0. The molecule has 128 valence electrons. The lowest BCUT2D eigenvalue weighted by atomic mass is 10.0. The first-order valence-electron chi connectivity index (χ1n) is 7.73. The Morgan fingerprint density at radius 3 is 2.64 bits per heavy atom. The van der Waals surface area contributed by atoms with E-state index >= 15 is 0 Å². The number of ether oxygens (including phenoxy) is 1. The lowest BCUT2D eigenvalue weighted by molar-refractivity contribution is -0.136. The Morgan fingerprint density at radius 1 is 1.16 bits per heavy atom. The summed E-state index contributed by atoms with van der Waals surface area (Å²) < 4.78 is 19.7. The second-order valence-corrected chi connectivity index (χ2v) is 6.61. The number of benzene rings is 3. The maximum absolute atomic E-state index is 13.7. The molecule has 0 aliphatic carbocycles. The van der Waals surface area contributed by atoms with Crippen molar-refractivity contribution in [3.63, 3.8) is 0 Å². The van der Waals surface area contributed by atoms with E-state index in [9.17, 15) is 9.18 Å². The minimum Gasteiger partial charge on any atom is -0.481 e. The molecular formula is C20H17FO3S. The first-order valence-corrected chi connectivity index (χ1v) is 8.95. The van der Waals surface area contributed by atoms with Crippen molar-refractivity contribution >= 4 is 28.5 Å². The highest BCUT2D eigenvalue weighted by Crippen LogP contribution is 2.34. The Hall–Kier alpha value is -2.53. The van der Waals surface area contributed by atoms with Gasteiger partial charge in [0.15, 0.2) is 0 Å². The third-order valence-electron chi connectivity index (χ3n) is 3.89. The minimum atomic E-state index is -0.924. The molecule has 0 heterocycles. The van der Waals surface area contributed by atoms with Gasteiger partial charge in [0.2, 0.25) is 0 Å². The molecule has 0 saturated carbocycles. The molecule has 3 nitrogen and oxygen atoms in total. The fourth-order valence-corrected chi connectivity index (χ4v) is 3.34. The predicted octanol–water partition coefficient (Wildman–Crippen LogP) is 5.43. The number of aliphatic carboxylic acids is 1. The van der Waals surface area contributed by atoms with Gasteiger partial charge in [-0.3, -0.25) is 4.79 Å². The van der Waals surface area contributed by atoms with Gasteiger partial charge in [0.05, 0.1) is 6.42 Å². The Labute approximate surface area is 149 Å². The summed E-state index contributed by atoms with van der Waals surface area (Å²) >= 11 is 1.65. The van der Waals surface area contributed by atoms with Crippen molar-refractivity contribution in [2.45, 2.75) is 18.2 Å². The van der Waals surface area contributed by atoms with Crippen molar-refractivity contribution in [2.75, 3.05) is 6.26 Å². The Bertz CT molecular complexity index is 953. The maximum atomic E-state index is 13.7. The number of halogens is 1. The number of thioether (sulfide) groups is 1. The molecule has 0 saturated heterocycles. The molecule has 0 spiro atoms. The van der Waals surface area contributed by atoms with Crippen molar-refractivity contribution in [1.29, 1.82) is 0 Å². The van der Waals surface area contributed by atoms with Crippen LogP contribution in [-0.2, 0) is 11.2 Å². The molecule has 0 aliphatic heterocycles. The second kappa shape index (κ2) is 7.15. The number of carboxylic acid groups (broad SMARTS) is 1. The molecule has 0 aromatic heterocycles. The molecule has 0 amide bonds. The average Bonchev–Trinajstić information content (AvgIpc) is 2.55. The SMILES string of the molecule is CSc1ccc(Oc2cc(CC(=O)O)cc3ccc(F)cc23)cc1C. The van der Waals surface area contributed by atoms with Gasteiger partial charge in [-0.2, -0.15) is 0 Å². The largest absolute Gasteiger partial charge is 0.481 e. The zero-order valence-electron chi connectivity index (χ0n) is 13.9. The van der Waals surface area contributed by atoms with Crippen molar-refractivity contribution in [3.05, 3.63) is 65.5 Å². The quantitative estimate of drug-likeness (QED) is 0.619. The Balaban J connectivity index is 2.07. The normalized spacial score (nSPS) is 10.8. The number of aryl methyl sites for hydroxylation is 1. The van der Waals surface area contributed by atoms with Crippen LogP contribution in [0.25, 0.3) is 10.8 Å². The Kier molecular flexibility index (Phi) is 4.95. The molecule has 0 aliphatic rings. The molecule has 3 rings (SSSR count). The van der Waals surface area contributed by atoms with Crippen LogP contribution in [0.3, 0.4) is 0 Å². The molecule has 3 aromatic carbocycles. The smallest absolute Gasteiger partial charge is 0.307 e. The molecule has 0 radical (unpaired) electrons. The van der Waals surface area contributed by atoms with Gasteiger partial charge < -0.3 is 9.84 Å². The van der Waals surface area contributed by atoms with E-state index in [1.807, 2.05) is 31.4 Å². The fraction of sp³-hybridized carbons (Fsp3) is 0.150. The molecule has 0 fully saturated rings. The van der Waals surface area contributed by atoms with Crippen LogP contribution in [0.4, 0.5) is 4.39 Å². The molecule has 5 heteroatoms. The molecule has 1 N–H and O–H groups in total. The highest BCUT2D eigenvalue weighted by molar-refractivity contribution is 7.98. The monoisotopic (exact) mass is 356 g/mol. The summed E-state index contributed by atoms with van der Waals surface area (Å²) in [6, 6.07) is 13.5. The van der Waals surface area contributed by atoms with E-state index in [1.54, 1.807) is 30.0 Å². The standard InChI is InChI=1S/C20H17FO3S/c1-12-7-16(5-6-19(12)25-2)24-18-9-13(10-20(22)23)8-14-3-4-15(21)11-17(14)18/h3-9,11H,10H2,1-2H3,(H,22,23). The van der Waals surface area contributed by atoms with Crippen LogP contribution in [0.5, 0.6) is 11.5 Å². The van der Waals surface area contributed by atoms with Gasteiger partial charge in [0, 0.05) is 10.3 Å². The van der Waals surface area contributed by atoms with Crippen LogP contribution < -0.4 is 4.74 Å². The second-order valence-electron chi connectivity index (χ2n) is 5.76. The first kappa shape index (κ1) is 17.3. The molecular weight excluding hydrogens is 339 g/mol. The minimum absolute atomic E-state index is 0.117. The molecule has 0 bridgehead atoms. The van der Waals surface area contributed by atoms with Gasteiger partial charge in [-0.25, -0.2) is 4.39 Å². The third-order valence-corrected chi connectivity index (χ3v) is 4.79. The van der Waals surface area contributed by atoms with Crippen molar-refractivity contribution in [2.24, 2.45) is 0 Å². The van der Waals surface area contributed by atoms with Crippen LogP contribution in [0.2, 0.25) is 0 Å². The number of carbonyl (C=O) groups is 1. The molecule has 3 aromatic rings. The van der Waals surface area contributed by atoms with E-state index in [1.165, 1.54) is 12.1 Å². The summed E-state index contributed by atoms with van der Waals surface area (Å²) in [4.78, 5) is 12.2. The topological polar surface area (TPSA) is 46.5 Å². The zero-order valence-corrected chi connectivity index (χ0v) is 14.7. The lowest BCUT2D eigenvalue weighted by Crippen LogP contribution is -2.00. The zero-order chi connectivity index (χ0) is 18.0. The summed E-state index contributed by atoms with van der Waals surface area (Å²) in [5, 5.41) is 10.4. The molecule has 0 unspecified atom stereocenters. The van der Waals surface area contributed by atoms with Crippen LogP contribution in [-0.4, -0.2) is 17.3 Å². The van der Waals surface area contributed by atoms with E-state index in [4.69, 9.17) is 9.84 Å². The number of carboxylic acids is 1. The summed E-state index contributed by atoms with van der Waals surface area (Å²) in [5.74, 6) is -0.206. The maximum Gasteiger partial charge on any atom is 0.307 e. The highest BCUT2D eigenvalue weighted by Gasteiger charge is 2.11. The van der Waals surface area contributed by atoms with Gasteiger partial charge in [0.25, 0.3) is 0 Å². The van der Waals surface area contributed by atoms with Gasteiger partial charge in [-0.15, -0.1) is 11.8 Å². The van der Waals surface area contributed by atoms with E-state index in [2.05, 4.69) is 0 Å². The summed E-state index contributed by atoms with van der Waals surface area (Å²) in [5.41, 5.74) is 1.70. The van der Waals surface area contributed by atoms with Crippen LogP contribution >= 0.6 is 11.8 Å². The van der Waals surface area contributed by atoms with Crippen LogP contribution in [0.1, 0.15) is 11.1 Å². The molecule has 25 heavy (non-hydrogen) atoms. The summed E-state index contributed by atoms with van der Waals surface area (Å²) in [6.45, 7) is 2.00. The van der Waals surface area contributed by atoms with E-state index in [0.717, 1.165) is 15.8 Å². The highest BCUT2D eigenvalue weighted by atomic mass is 32.2. The number of hydrogen-bond acceptors (Lipinski definition) is 3. The van der Waals surface area contributed by atoms with Gasteiger partial charge in [0.1, 0.15) is 17.3 Å². The van der Waals surface area contributed by atoms with Crippen LogP contribution in [0, 0.1) is 12.7 Å². The third kappa shape index (κ3) is 3.94. The van der Waals surface area contributed by atoms with Crippen LogP contribution in [0.15, 0.2) is 53.4 Å². The predicted molar refractivity (Wildman–Crippen MR) is 98.3 cm³/mol. The fourth-order valence-electron chi connectivity index (χ4n) is 2.76. The van der Waals surface area contributed by atoms with E-state index in [-0.39, 0.29) is 12.2 Å². The summed E-state index contributed by atoms with van der Waals surface area (Å²) in [7, 11) is 0. The lowest BCUT2D eigenvalue weighted by Gasteiger charge is -2.13. The van der Waals surface area contributed by atoms with E-state index in [0.29, 0.717) is 22.4 Å².